The molecule has 8 heteroatoms. The summed E-state index contributed by atoms with van der Waals surface area (Å²) in [5.41, 5.74) is 0. The van der Waals surface area contributed by atoms with E-state index in [0.29, 0.717) is 4.49 Å². The number of nitrogens with one attached hydrogen (secondary N) is 1. The third-order valence-electron chi connectivity index (χ3n) is 0.184. The molecule has 0 rings (SSSR count). The van der Waals surface area contributed by atoms with E-state index in [1.54, 1.807) is 0 Å². The first-order valence-electron chi connectivity index (χ1n) is 1.30. The first-order chi connectivity index (χ1) is 3.42. The van der Waals surface area contributed by atoms with Gasteiger partial charge in [-0.15, -0.1) is 12.9 Å². The normalized spacial score (nSPS) is 15.9. The molecular weight excluding hydrogens is 163 g/mol. The van der Waals surface area contributed by atoms with Gasteiger partial charge in [0.1, 0.15) is 0 Å². The summed E-state index contributed by atoms with van der Waals surface area (Å²) in [6, 6.07) is 0. The van der Waals surface area contributed by atoms with Crippen LogP contribution in [0.2, 0.25) is 0 Å². The number of hydrogen-bond donors (Lipinski definition) is 2. The van der Waals surface area contributed by atoms with Crippen molar-refractivity contribution >= 4 is 19.2 Å². The highest BCUT2D eigenvalue weighted by atomic mass is 32.2. The molecule has 0 fully saturated rings. The van der Waals surface area contributed by atoms with Crippen molar-refractivity contribution in [3.8, 4) is 0 Å². The van der Waals surface area contributed by atoms with Crippen LogP contribution in [-0.4, -0.2) is 8.76 Å². The Balaban J connectivity index is 3.74. The monoisotopic (exact) mass is 165 g/mol. The first-order valence-corrected chi connectivity index (χ1v) is 3.89. The van der Waals surface area contributed by atoms with Crippen LogP contribution in [0.15, 0.2) is 0 Å². The van der Waals surface area contributed by atoms with E-state index in [1.165, 1.54) is 0 Å². The van der Waals surface area contributed by atoms with Crippen LogP contribution >= 0.6 is 7.91 Å². The second-order valence-electron chi connectivity index (χ2n) is 0.803. The fraction of sp³-hybridized carbons (Fsp3) is 0. The van der Waals surface area contributed by atoms with Gasteiger partial charge in [0, 0.05) is 0 Å². The first kappa shape index (κ1) is 8.16. The van der Waals surface area contributed by atoms with Crippen LogP contribution in [0.25, 0.3) is 0 Å². The Kier molecular flexibility index (Phi) is 2.68. The molecule has 0 aromatic rings. The van der Waals surface area contributed by atoms with E-state index in [1.807, 2.05) is 0 Å². The Morgan fingerprint density at radius 2 is 2.00 bits per heavy atom. The predicted octanol–water partition coefficient (Wildman–Crippen LogP) is 0.760. The van der Waals surface area contributed by atoms with E-state index in [9.17, 15) is 17.2 Å². The van der Waals surface area contributed by atoms with E-state index < -0.39 is 19.2 Å². The summed E-state index contributed by atoms with van der Waals surface area (Å²) in [7, 11) is -5.52. The maximum atomic E-state index is 11.1. The van der Waals surface area contributed by atoms with Crippen molar-refractivity contribution in [2.45, 2.75) is 0 Å². The Labute approximate surface area is 46.4 Å². The van der Waals surface area contributed by atoms with E-state index in [4.69, 9.17) is 4.55 Å². The van der Waals surface area contributed by atoms with Gasteiger partial charge in [-0.3, -0.25) is 4.55 Å². The number of rotatable bonds is 2. The lowest BCUT2D eigenvalue weighted by molar-refractivity contribution is 0.485. The Bertz CT molecular complexity index is 140. The molecule has 50 valence electrons. The largest absolute Gasteiger partial charge is 0.493 e. The molecule has 2 N–H and O–H groups in total. The van der Waals surface area contributed by atoms with E-state index in [-0.39, 0.29) is 0 Å². The third-order valence-corrected chi connectivity index (χ3v) is 1.66. The molecule has 8 heavy (non-hydrogen) atoms. The topological polar surface area (TPSA) is 66.4 Å². The molecule has 0 aromatic heterocycles. The summed E-state index contributed by atoms with van der Waals surface area (Å²) in [6.45, 7) is 0. The van der Waals surface area contributed by atoms with Gasteiger partial charge in [0.2, 0.25) is 11.3 Å². The molecule has 0 radical (unpaired) electrons. The van der Waals surface area contributed by atoms with Crippen LogP contribution in [0.4, 0.5) is 8.39 Å². The zero-order valence-electron chi connectivity index (χ0n) is 3.38. The minimum atomic E-state index is -5.52. The summed E-state index contributed by atoms with van der Waals surface area (Å²) >= 11 is -2.90. The van der Waals surface area contributed by atoms with Gasteiger partial charge < -0.3 is 0 Å². The molecule has 4 nitrogen and oxygen atoms in total. The quantitative estimate of drug-likeness (QED) is 0.468. The molecule has 0 aliphatic heterocycles. The van der Waals surface area contributed by atoms with Crippen molar-refractivity contribution < 1.29 is 21.7 Å². The average Bonchev–Trinajstić information content (AvgIpc) is 1.21. The summed E-state index contributed by atoms with van der Waals surface area (Å²) in [4.78, 5) is 0. The van der Waals surface area contributed by atoms with Crippen LogP contribution in [0.3, 0.4) is 0 Å². The fourth-order valence-electron chi connectivity index (χ4n) is 0.0909. The van der Waals surface area contributed by atoms with Crippen molar-refractivity contribution in [3.63, 3.8) is 0 Å². The lowest BCUT2D eigenvalue weighted by Gasteiger charge is -1.92. The molecule has 0 aliphatic carbocycles. The van der Waals surface area contributed by atoms with Crippen molar-refractivity contribution in [2.75, 3.05) is 0 Å². The molecule has 0 saturated heterocycles. The zero-order valence-corrected chi connectivity index (χ0v) is 5.09. The van der Waals surface area contributed by atoms with Gasteiger partial charge in [-0.25, -0.2) is 8.77 Å². The van der Waals surface area contributed by atoms with Crippen LogP contribution in [0, 0.1) is 0 Å². The minimum absolute atomic E-state index is 0.632. The predicted molar refractivity (Wildman–Crippen MR) is 23.7 cm³/mol. The Hall–Kier alpha value is 0.160. The summed E-state index contributed by atoms with van der Waals surface area (Å²) in [5, 5.41) is 0. The van der Waals surface area contributed by atoms with Gasteiger partial charge in [-0.2, -0.15) is 0 Å². The molecule has 0 saturated carbocycles. The van der Waals surface area contributed by atoms with Gasteiger partial charge in [0.15, 0.2) is 0 Å². The van der Waals surface area contributed by atoms with E-state index in [2.05, 4.69) is 0 Å². The maximum Gasteiger partial charge on any atom is 0.493 e. The fourth-order valence-corrected chi connectivity index (χ4v) is 0.818. The molecular formula is H2F2NO3PS. The molecule has 0 aromatic carbocycles. The van der Waals surface area contributed by atoms with Crippen LogP contribution in [0.5, 0.6) is 0 Å². The SMILES string of the molecule is O=S(O)NP(=O)(F)F. The Morgan fingerprint density at radius 1 is 1.62 bits per heavy atom. The van der Waals surface area contributed by atoms with Gasteiger partial charge in [0.05, 0.1) is 0 Å². The number of hydrogen-bond acceptors (Lipinski definition) is 2. The molecule has 0 heterocycles. The maximum absolute atomic E-state index is 11.1. The highest BCUT2D eigenvalue weighted by molar-refractivity contribution is 7.84. The van der Waals surface area contributed by atoms with Crippen LogP contribution < -0.4 is 4.49 Å². The molecule has 0 bridgehead atoms. The van der Waals surface area contributed by atoms with Crippen molar-refractivity contribution in [1.29, 1.82) is 0 Å². The lowest BCUT2D eigenvalue weighted by atomic mass is 13.9. The second kappa shape index (κ2) is 2.63. The van der Waals surface area contributed by atoms with Gasteiger partial charge in [-0.1, -0.05) is 0 Å². The molecule has 0 aliphatic rings. The van der Waals surface area contributed by atoms with Gasteiger partial charge in [0.25, 0.3) is 0 Å². The summed E-state index contributed by atoms with van der Waals surface area (Å²) < 4.78 is 48.9. The minimum Gasteiger partial charge on any atom is -0.293 e. The van der Waals surface area contributed by atoms with Crippen LogP contribution in [0.1, 0.15) is 0 Å². The highest BCUT2D eigenvalue weighted by Crippen LogP contribution is 2.44. The molecule has 0 spiro atoms. The Morgan fingerprint density at radius 3 is 2.00 bits per heavy atom. The standard InChI is InChI=1S/F2H2NO3PS/c1-7(2,4)3-8(5)6/h(H,3,4)(H,5,6). The van der Waals surface area contributed by atoms with Gasteiger partial charge in [-0.05, 0) is 0 Å². The zero-order chi connectivity index (χ0) is 6.78. The number of halogens is 2. The van der Waals surface area contributed by atoms with E-state index >= 15 is 0 Å². The van der Waals surface area contributed by atoms with Crippen molar-refractivity contribution in [1.82, 2.24) is 4.49 Å². The lowest BCUT2D eigenvalue weighted by Crippen LogP contribution is -2.07. The molecule has 1 unspecified atom stereocenters. The smallest absolute Gasteiger partial charge is 0.293 e. The van der Waals surface area contributed by atoms with Crippen LogP contribution in [-0.2, 0) is 15.8 Å². The van der Waals surface area contributed by atoms with Gasteiger partial charge >= 0.3 is 7.91 Å². The average molecular weight is 165 g/mol. The second-order valence-corrected chi connectivity index (χ2v) is 2.96. The summed E-state index contributed by atoms with van der Waals surface area (Å²) in [6.07, 6.45) is 0. The third kappa shape index (κ3) is 6.16. The molecule has 0 amide bonds. The summed E-state index contributed by atoms with van der Waals surface area (Å²) in [5.74, 6) is 0. The van der Waals surface area contributed by atoms with Crippen molar-refractivity contribution in [3.05, 3.63) is 0 Å². The van der Waals surface area contributed by atoms with Crippen molar-refractivity contribution in [2.24, 2.45) is 0 Å². The molecule has 1 atom stereocenters. The van der Waals surface area contributed by atoms with E-state index in [0.717, 1.165) is 0 Å². The highest BCUT2D eigenvalue weighted by Gasteiger charge is 2.20.